The Bertz CT molecular complexity index is 398. The summed E-state index contributed by atoms with van der Waals surface area (Å²) in [5, 5.41) is 8.64. The zero-order chi connectivity index (χ0) is 11.1. The van der Waals surface area contributed by atoms with Crippen molar-refractivity contribution in [2.24, 2.45) is 11.7 Å². The summed E-state index contributed by atoms with van der Waals surface area (Å²) in [4.78, 5) is 2.21. The lowest BCUT2D eigenvalue weighted by Gasteiger charge is -2.38. The van der Waals surface area contributed by atoms with Gasteiger partial charge in [0.15, 0.2) is 5.82 Å². The third-order valence-electron chi connectivity index (χ3n) is 3.62. The van der Waals surface area contributed by atoms with Gasteiger partial charge in [0.1, 0.15) is 0 Å². The molecule has 1 aromatic heterocycles. The second-order valence-electron chi connectivity index (χ2n) is 5.19. The van der Waals surface area contributed by atoms with Gasteiger partial charge in [0.2, 0.25) is 0 Å². The first-order valence-corrected chi connectivity index (χ1v) is 6.08. The van der Waals surface area contributed by atoms with E-state index in [4.69, 9.17) is 5.73 Å². The summed E-state index contributed by atoms with van der Waals surface area (Å²) in [7, 11) is 0. The minimum absolute atomic E-state index is 0.316. The molecule has 1 aliphatic heterocycles. The molecule has 2 heterocycles. The summed E-state index contributed by atoms with van der Waals surface area (Å²) in [6.45, 7) is 4.15. The largest absolute Gasteiger partial charge is 0.352 e. The molecule has 4 nitrogen and oxygen atoms in total. The third kappa shape index (κ3) is 1.67. The number of hydrogen-bond donors (Lipinski definition) is 1. The highest BCUT2D eigenvalue weighted by atomic mass is 15.3. The highest BCUT2D eigenvalue weighted by Gasteiger charge is 2.26. The normalized spacial score (nSPS) is 25.1. The van der Waals surface area contributed by atoms with Gasteiger partial charge >= 0.3 is 0 Å². The van der Waals surface area contributed by atoms with Gasteiger partial charge in [-0.25, -0.2) is 0 Å². The number of nitrogens with zero attached hydrogens (tertiary/aromatic N) is 3. The van der Waals surface area contributed by atoms with E-state index in [0.29, 0.717) is 6.04 Å². The first kappa shape index (κ1) is 10.0. The molecule has 1 aromatic rings. The van der Waals surface area contributed by atoms with Crippen molar-refractivity contribution in [2.75, 3.05) is 18.0 Å². The van der Waals surface area contributed by atoms with Crippen molar-refractivity contribution < 1.29 is 0 Å². The Balaban J connectivity index is 1.84. The molecule has 4 heteroatoms. The fraction of sp³-hybridized carbons (Fsp3) is 0.667. The molecule has 0 aromatic carbocycles. The van der Waals surface area contributed by atoms with E-state index in [1.54, 1.807) is 0 Å². The van der Waals surface area contributed by atoms with Crippen LogP contribution in [0.25, 0.3) is 0 Å². The highest BCUT2D eigenvalue weighted by Crippen LogP contribution is 2.26. The van der Waals surface area contributed by atoms with Gasteiger partial charge in [-0.2, -0.15) is 5.10 Å². The maximum absolute atomic E-state index is 5.78. The summed E-state index contributed by atoms with van der Waals surface area (Å²) in [5.41, 5.74) is 8.37. The fourth-order valence-electron chi connectivity index (χ4n) is 2.55. The number of anilines is 1. The molecule has 0 amide bonds. The summed E-state index contributed by atoms with van der Waals surface area (Å²) in [5.74, 6) is 1.79. The fourth-order valence-corrected chi connectivity index (χ4v) is 2.55. The minimum atomic E-state index is 0.316. The molecular formula is C12H18N4. The Morgan fingerprint density at radius 3 is 2.94 bits per heavy atom. The van der Waals surface area contributed by atoms with E-state index >= 15 is 0 Å². The van der Waals surface area contributed by atoms with Crippen molar-refractivity contribution in [3.05, 3.63) is 17.3 Å². The van der Waals surface area contributed by atoms with Gasteiger partial charge in [0, 0.05) is 19.1 Å². The highest BCUT2D eigenvalue weighted by molar-refractivity contribution is 5.45. The van der Waals surface area contributed by atoms with Crippen LogP contribution in [-0.4, -0.2) is 29.3 Å². The number of hydrogen-bond acceptors (Lipinski definition) is 4. The van der Waals surface area contributed by atoms with Crippen LogP contribution in [-0.2, 0) is 12.8 Å². The van der Waals surface area contributed by atoms with Gasteiger partial charge < -0.3 is 10.6 Å². The van der Waals surface area contributed by atoms with E-state index in [0.717, 1.165) is 37.7 Å². The molecule has 0 spiro atoms. The van der Waals surface area contributed by atoms with E-state index in [2.05, 4.69) is 28.1 Å². The maximum Gasteiger partial charge on any atom is 0.151 e. The first-order chi connectivity index (χ1) is 7.72. The smallest absolute Gasteiger partial charge is 0.151 e. The molecule has 1 atom stereocenters. The zero-order valence-electron chi connectivity index (χ0n) is 9.69. The van der Waals surface area contributed by atoms with Crippen LogP contribution in [0.3, 0.4) is 0 Å². The summed E-state index contributed by atoms with van der Waals surface area (Å²) in [6.07, 6.45) is 3.48. The van der Waals surface area contributed by atoms with Crippen molar-refractivity contribution in [2.45, 2.75) is 32.2 Å². The number of aromatic nitrogens is 2. The molecule has 0 bridgehead atoms. The molecule has 0 radical (unpaired) electrons. The summed E-state index contributed by atoms with van der Waals surface area (Å²) >= 11 is 0. The van der Waals surface area contributed by atoms with Gasteiger partial charge in [0.05, 0.1) is 5.69 Å². The van der Waals surface area contributed by atoms with E-state index in [1.165, 1.54) is 17.7 Å². The Morgan fingerprint density at radius 1 is 1.38 bits per heavy atom. The van der Waals surface area contributed by atoms with Gasteiger partial charge in [0.25, 0.3) is 0 Å². The molecule has 1 fully saturated rings. The molecule has 1 unspecified atom stereocenters. The van der Waals surface area contributed by atoms with Crippen LogP contribution in [0, 0.1) is 5.92 Å². The number of rotatable bonds is 1. The molecule has 2 N–H and O–H groups in total. The quantitative estimate of drug-likeness (QED) is 0.755. The summed E-state index contributed by atoms with van der Waals surface area (Å²) in [6, 6.07) is 2.53. The molecule has 1 aliphatic carbocycles. The molecule has 3 rings (SSSR count). The number of nitrogens with two attached hydrogens (primary N) is 1. The lowest BCUT2D eigenvalue weighted by Crippen LogP contribution is -2.56. The van der Waals surface area contributed by atoms with Crippen LogP contribution in [0.15, 0.2) is 6.07 Å². The van der Waals surface area contributed by atoms with Crippen LogP contribution in [0.2, 0.25) is 0 Å². The van der Waals surface area contributed by atoms with Crippen molar-refractivity contribution in [1.29, 1.82) is 0 Å². The molecular weight excluding hydrogens is 200 g/mol. The molecule has 2 aliphatic rings. The van der Waals surface area contributed by atoms with Gasteiger partial charge in [-0.05, 0) is 36.8 Å². The first-order valence-electron chi connectivity index (χ1n) is 6.08. The second kappa shape index (κ2) is 3.70. The van der Waals surface area contributed by atoms with E-state index in [1.807, 2.05) is 0 Å². The van der Waals surface area contributed by atoms with Crippen molar-refractivity contribution in [3.63, 3.8) is 0 Å². The molecule has 86 valence electrons. The van der Waals surface area contributed by atoms with Gasteiger partial charge in [-0.1, -0.05) is 6.92 Å². The Morgan fingerprint density at radius 2 is 2.19 bits per heavy atom. The van der Waals surface area contributed by atoms with Crippen molar-refractivity contribution in [3.8, 4) is 0 Å². The van der Waals surface area contributed by atoms with Gasteiger partial charge in [-0.15, -0.1) is 5.10 Å². The predicted octanol–water partition coefficient (Wildman–Crippen LogP) is 0.749. The topological polar surface area (TPSA) is 55.0 Å². The van der Waals surface area contributed by atoms with Crippen LogP contribution in [0.5, 0.6) is 0 Å². The Labute approximate surface area is 95.8 Å². The average molecular weight is 218 g/mol. The standard InChI is InChI=1S/C12H18N4/c1-8-2-3-11-9(4-8)5-12(15-14-11)16-6-10(13)7-16/h5,8,10H,2-4,6-7,13H2,1H3. The number of fused-ring (bicyclic) bond motifs is 1. The zero-order valence-corrected chi connectivity index (χ0v) is 9.69. The van der Waals surface area contributed by atoms with Crippen LogP contribution < -0.4 is 10.6 Å². The minimum Gasteiger partial charge on any atom is -0.352 e. The summed E-state index contributed by atoms with van der Waals surface area (Å²) < 4.78 is 0. The maximum atomic E-state index is 5.78. The van der Waals surface area contributed by atoms with Crippen LogP contribution >= 0.6 is 0 Å². The monoisotopic (exact) mass is 218 g/mol. The second-order valence-corrected chi connectivity index (χ2v) is 5.19. The lowest BCUT2D eigenvalue weighted by atomic mass is 9.88. The Kier molecular flexibility index (Phi) is 2.32. The van der Waals surface area contributed by atoms with Crippen molar-refractivity contribution in [1.82, 2.24) is 10.2 Å². The predicted molar refractivity (Wildman–Crippen MR) is 63.4 cm³/mol. The lowest BCUT2D eigenvalue weighted by molar-refractivity contribution is 0.483. The molecule has 16 heavy (non-hydrogen) atoms. The number of aryl methyl sites for hydroxylation is 1. The Hall–Kier alpha value is -1.16. The average Bonchev–Trinajstić information content (AvgIpc) is 2.24. The van der Waals surface area contributed by atoms with E-state index < -0.39 is 0 Å². The molecule has 1 saturated heterocycles. The third-order valence-corrected chi connectivity index (χ3v) is 3.62. The van der Waals surface area contributed by atoms with E-state index in [-0.39, 0.29) is 0 Å². The van der Waals surface area contributed by atoms with Crippen LogP contribution in [0.4, 0.5) is 5.82 Å². The van der Waals surface area contributed by atoms with E-state index in [9.17, 15) is 0 Å². The SMILES string of the molecule is CC1CCc2nnc(N3CC(N)C3)cc2C1. The molecule has 0 saturated carbocycles. The van der Waals surface area contributed by atoms with Gasteiger partial charge in [-0.3, -0.25) is 0 Å². The van der Waals surface area contributed by atoms with Crippen LogP contribution in [0.1, 0.15) is 24.6 Å². The van der Waals surface area contributed by atoms with Crippen molar-refractivity contribution >= 4 is 5.82 Å².